The molecule has 2 N–H and O–H groups in total. The molecule has 3 aromatic rings. The maximum absolute atomic E-state index is 12.5. The second kappa shape index (κ2) is 7.26. The summed E-state index contributed by atoms with van der Waals surface area (Å²) in [6.07, 6.45) is 1.28. The Morgan fingerprint density at radius 1 is 1.19 bits per heavy atom. The Labute approximate surface area is 149 Å². The van der Waals surface area contributed by atoms with E-state index in [4.69, 9.17) is 9.63 Å². The molecule has 26 heavy (non-hydrogen) atoms. The van der Waals surface area contributed by atoms with E-state index in [0.29, 0.717) is 17.9 Å². The SMILES string of the molecule is Cc1ccn(NCc2c(C)noc2-c2ccccc2)c(=O)c1CC(=O)O. The van der Waals surface area contributed by atoms with E-state index in [1.807, 2.05) is 37.3 Å². The van der Waals surface area contributed by atoms with Crippen molar-refractivity contribution >= 4 is 5.97 Å². The molecule has 0 spiro atoms. The Morgan fingerprint density at radius 2 is 1.92 bits per heavy atom. The van der Waals surface area contributed by atoms with E-state index in [1.54, 1.807) is 19.2 Å². The van der Waals surface area contributed by atoms with E-state index in [-0.39, 0.29) is 17.5 Å². The third kappa shape index (κ3) is 3.51. The van der Waals surface area contributed by atoms with Crippen LogP contribution in [0, 0.1) is 13.8 Å². The number of aryl methyl sites for hydroxylation is 2. The monoisotopic (exact) mass is 353 g/mol. The fraction of sp³-hybridized carbons (Fsp3) is 0.211. The Bertz CT molecular complexity index is 990. The van der Waals surface area contributed by atoms with Crippen molar-refractivity contribution in [3.63, 3.8) is 0 Å². The Hall–Kier alpha value is -3.35. The molecule has 0 aliphatic carbocycles. The number of aromatic nitrogens is 2. The van der Waals surface area contributed by atoms with Crippen molar-refractivity contribution in [3.05, 3.63) is 75.3 Å². The summed E-state index contributed by atoms with van der Waals surface area (Å²) in [5, 5.41) is 13.0. The van der Waals surface area contributed by atoms with Crippen LogP contribution in [-0.2, 0) is 17.8 Å². The zero-order chi connectivity index (χ0) is 18.7. The van der Waals surface area contributed by atoms with Gasteiger partial charge in [0.1, 0.15) is 0 Å². The van der Waals surface area contributed by atoms with Crippen LogP contribution in [0.5, 0.6) is 0 Å². The first-order valence-corrected chi connectivity index (χ1v) is 8.14. The number of hydrogen-bond donors (Lipinski definition) is 2. The predicted octanol–water partition coefficient (Wildman–Crippen LogP) is 2.49. The summed E-state index contributed by atoms with van der Waals surface area (Å²) in [4.78, 5) is 23.5. The molecule has 7 nitrogen and oxygen atoms in total. The van der Waals surface area contributed by atoms with Gasteiger partial charge in [-0.3, -0.25) is 9.59 Å². The number of carboxylic acid groups (broad SMARTS) is 1. The van der Waals surface area contributed by atoms with Gasteiger partial charge in [-0.1, -0.05) is 35.5 Å². The summed E-state index contributed by atoms with van der Waals surface area (Å²) < 4.78 is 6.74. The molecule has 0 bridgehead atoms. The fourth-order valence-electron chi connectivity index (χ4n) is 2.74. The number of pyridine rings is 1. The summed E-state index contributed by atoms with van der Waals surface area (Å²) in [5.74, 6) is -0.397. The van der Waals surface area contributed by atoms with Crippen molar-refractivity contribution in [2.24, 2.45) is 0 Å². The van der Waals surface area contributed by atoms with Gasteiger partial charge in [-0.25, -0.2) is 4.68 Å². The Morgan fingerprint density at radius 3 is 2.62 bits per heavy atom. The molecule has 0 fully saturated rings. The summed E-state index contributed by atoms with van der Waals surface area (Å²) >= 11 is 0. The minimum Gasteiger partial charge on any atom is -0.481 e. The molecule has 0 amide bonds. The fourth-order valence-corrected chi connectivity index (χ4v) is 2.74. The number of nitrogens with zero attached hydrogens (tertiary/aromatic N) is 2. The van der Waals surface area contributed by atoms with Crippen LogP contribution < -0.4 is 11.0 Å². The van der Waals surface area contributed by atoms with Crippen LogP contribution in [0.1, 0.15) is 22.4 Å². The average molecular weight is 353 g/mol. The van der Waals surface area contributed by atoms with Crippen LogP contribution in [0.4, 0.5) is 0 Å². The summed E-state index contributed by atoms with van der Waals surface area (Å²) in [6, 6.07) is 11.3. The van der Waals surface area contributed by atoms with Crippen molar-refractivity contribution < 1.29 is 14.4 Å². The number of aliphatic carboxylic acids is 1. The van der Waals surface area contributed by atoms with Crippen LogP contribution in [0.15, 0.2) is 51.9 Å². The first kappa shape index (κ1) is 17.5. The molecule has 134 valence electrons. The van der Waals surface area contributed by atoms with Gasteiger partial charge in [-0.15, -0.1) is 0 Å². The molecule has 3 rings (SSSR count). The van der Waals surface area contributed by atoms with Crippen molar-refractivity contribution in [2.75, 3.05) is 5.43 Å². The van der Waals surface area contributed by atoms with Crippen molar-refractivity contribution in [3.8, 4) is 11.3 Å². The van der Waals surface area contributed by atoms with Crippen LogP contribution >= 0.6 is 0 Å². The van der Waals surface area contributed by atoms with Crippen molar-refractivity contribution in [1.29, 1.82) is 0 Å². The lowest BCUT2D eigenvalue weighted by Crippen LogP contribution is -2.32. The Balaban J connectivity index is 1.88. The first-order valence-electron chi connectivity index (χ1n) is 8.14. The van der Waals surface area contributed by atoms with Gasteiger partial charge in [0.15, 0.2) is 5.76 Å². The van der Waals surface area contributed by atoms with Crippen LogP contribution in [0.25, 0.3) is 11.3 Å². The standard InChI is InChI=1S/C19H19N3O4/c1-12-8-9-22(19(25)15(12)10-17(23)24)20-11-16-13(2)21-26-18(16)14-6-4-3-5-7-14/h3-9,20H,10-11H2,1-2H3,(H,23,24). The van der Waals surface area contributed by atoms with Crippen LogP contribution in [0.2, 0.25) is 0 Å². The van der Waals surface area contributed by atoms with E-state index in [2.05, 4.69) is 10.6 Å². The molecule has 2 heterocycles. The molecular formula is C19H19N3O4. The van der Waals surface area contributed by atoms with Crippen molar-refractivity contribution in [2.45, 2.75) is 26.8 Å². The summed E-state index contributed by atoms with van der Waals surface area (Å²) in [7, 11) is 0. The number of carbonyl (C=O) groups is 1. The normalized spacial score (nSPS) is 10.7. The Kier molecular flexibility index (Phi) is 4.88. The van der Waals surface area contributed by atoms with Gasteiger partial charge in [0.2, 0.25) is 0 Å². The second-order valence-corrected chi connectivity index (χ2v) is 6.00. The summed E-state index contributed by atoms with van der Waals surface area (Å²) in [6.45, 7) is 3.87. The lowest BCUT2D eigenvalue weighted by atomic mass is 10.1. The molecule has 1 aromatic carbocycles. The second-order valence-electron chi connectivity index (χ2n) is 6.00. The van der Waals surface area contributed by atoms with E-state index in [9.17, 15) is 9.59 Å². The minimum absolute atomic E-state index is 0.262. The average Bonchev–Trinajstić information content (AvgIpc) is 2.99. The highest BCUT2D eigenvalue weighted by molar-refractivity contribution is 5.70. The highest BCUT2D eigenvalue weighted by Gasteiger charge is 2.16. The van der Waals surface area contributed by atoms with Crippen LogP contribution in [-0.4, -0.2) is 20.9 Å². The van der Waals surface area contributed by atoms with Crippen molar-refractivity contribution in [1.82, 2.24) is 9.83 Å². The molecule has 0 saturated carbocycles. The van der Waals surface area contributed by atoms with Gasteiger partial charge in [0.25, 0.3) is 5.56 Å². The van der Waals surface area contributed by atoms with Gasteiger partial charge in [0, 0.05) is 22.9 Å². The quantitative estimate of drug-likeness (QED) is 0.707. The number of carboxylic acids is 1. The van der Waals surface area contributed by atoms with E-state index in [0.717, 1.165) is 16.8 Å². The minimum atomic E-state index is -1.04. The molecule has 0 aliphatic heterocycles. The van der Waals surface area contributed by atoms with E-state index in [1.165, 1.54) is 4.68 Å². The predicted molar refractivity (Wildman–Crippen MR) is 96.5 cm³/mol. The van der Waals surface area contributed by atoms with Gasteiger partial charge >= 0.3 is 5.97 Å². The first-order chi connectivity index (χ1) is 12.5. The lowest BCUT2D eigenvalue weighted by Gasteiger charge is -2.12. The molecule has 0 unspecified atom stereocenters. The number of benzene rings is 1. The number of nitrogens with one attached hydrogen (secondary N) is 1. The smallest absolute Gasteiger partial charge is 0.308 e. The number of rotatable bonds is 6. The largest absolute Gasteiger partial charge is 0.481 e. The molecule has 0 atom stereocenters. The van der Waals surface area contributed by atoms with Crippen LogP contribution in [0.3, 0.4) is 0 Å². The molecule has 0 radical (unpaired) electrons. The highest BCUT2D eigenvalue weighted by Crippen LogP contribution is 2.25. The third-order valence-electron chi connectivity index (χ3n) is 4.20. The molecule has 0 aliphatic rings. The van der Waals surface area contributed by atoms with E-state index >= 15 is 0 Å². The zero-order valence-electron chi connectivity index (χ0n) is 14.5. The van der Waals surface area contributed by atoms with Gasteiger partial charge < -0.3 is 15.1 Å². The molecule has 7 heteroatoms. The maximum Gasteiger partial charge on any atom is 0.308 e. The van der Waals surface area contributed by atoms with Gasteiger partial charge in [-0.2, -0.15) is 0 Å². The molecule has 2 aromatic heterocycles. The zero-order valence-corrected chi connectivity index (χ0v) is 14.5. The van der Waals surface area contributed by atoms with Gasteiger partial charge in [-0.05, 0) is 25.5 Å². The van der Waals surface area contributed by atoms with Gasteiger partial charge in [0.05, 0.1) is 18.7 Å². The highest BCUT2D eigenvalue weighted by atomic mass is 16.5. The molecular weight excluding hydrogens is 334 g/mol. The molecule has 0 saturated heterocycles. The topological polar surface area (TPSA) is 97.4 Å². The lowest BCUT2D eigenvalue weighted by molar-refractivity contribution is -0.136. The van der Waals surface area contributed by atoms with E-state index < -0.39 is 5.97 Å². The maximum atomic E-state index is 12.5. The number of hydrogen-bond acceptors (Lipinski definition) is 5. The third-order valence-corrected chi connectivity index (χ3v) is 4.20. The summed E-state index contributed by atoms with van der Waals surface area (Å²) in [5.41, 5.74) is 6.02.